The Balaban J connectivity index is 2.20. The number of likely N-dealkylation sites (N-methyl/N-ethyl adjacent to an activating group) is 1. The molecule has 0 aliphatic rings. The van der Waals surface area contributed by atoms with E-state index >= 15 is 0 Å². The molecule has 0 spiro atoms. The first-order valence-electron chi connectivity index (χ1n) is 14.4. The molecule has 0 aliphatic heterocycles. The van der Waals surface area contributed by atoms with Gasteiger partial charge in [-0.05, 0) is 36.8 Å². The zero-order valence-electron chi connectivity index (χ0n) is 25.0. The van der Waals surface area contributed by atoms with Gasteiger partial charge >= 0.3 is 6.09 Å². The van der Waals surface area contributed by atoms with E-state index in [-0.39, 0.29) is 37.7 Å². The summed E-state index contributed by atoms with van der Waals surface area (Å²) >= 11 is 0. The molecule has 0 fully saturated rings. The van der Waals surface area contributed by atoms with Gasteiger partial charge in [-0.3, -0.25) is 19.2 Å². The molecular formula is C32H43N5O6. The van der Waals surface area contributed by atoms with Crippen LogP contribution >= 0.6 is 0 Å². The number of primary amides is 1. The Kier molecular flexibility index (Phi) is 15.0. The van der Waals surface area contributed by atoms with Crippen LogP contribution in [0.15, 0.2) is 72.8 Å². The Morgan fingerprint density at radius 1 is 0.837 bits per heavy atom. The maximum atomic E-state index is 13.5. The van der Waals surface area contributed by atoms with Crippen LogP contribution in [0.3, 0.4) is 0 Å². The summed E-state index contributed by atoms with van der Waals surface area (Å²) in [5, 5.41) is 10.9. The fourth-order valence-electron chi connectivity index (χ4n) is 4.18. The molecule has 2 aromatic rings. The van der Waals surface area contributed by atoms with E-state index in [9.17, 15) is 24.0 Å². The standard InChI is InChI=1S/C32H43N5O6/c1-4-34-29(39)18-16-25(15-17-28(33)38)35-30(40)27(20-23-11-7-5-8-12-23)36-31(41)26(19-22(2)3)37-32(42)43-21-24-13-9-6-10-14-24/h5-14,16,18,22,25-27H,4,15,17,19-21H2,1-3H3,(H2,33,38)(H,34,39)(H,35,40)(H,36,41)(H,37,42)/b18-16+/t25-,26-,27-/m0/s1. The zero-order valence-corrected chi connectivity index (χ0v) is 25.0. The normalized spacial score (nSPS) is 13.0. The summed E-state index contributed by atoms with van der Waals surface area (Å²) in [6, 6.07) is 15.6. The van der Waals surface area contributed by atoms with Gasteiger partial charge in [0.1, 0.15) is 18.7 Å². The molecule has 0 aromatic heterocycles. The molecule has 0 bridgehead atoms. The molecule has 6 N–H and O–H groups in total. The van der Waals surface area contributed by atoms with Crippen molar-refractivity contribution in [1.29, 1.82) is 0 Å². The molecule has 232 valence electrons. The Bertz CT molecular complexity index is 1220. The Hall–Kier alpha value is -4.67. The highest BCUT2D eigenvalue weighted by atomic mass is 16.5. The van der Waals surface area contributed by atoms with E-state index < -0.39 is 41.9 Å². The summed E-state index contributed by atoms with van der Waals surface area (Å²) in [5.74, 6) is -1.93. The molecule has 0 saturated heterocycles. The summed E-state index contributed by atoms with van der Waals surface area (Å²) in [4.78, 5) is 63.0. The number of carbonyl (C=O) groups is 5. The van der Waals surface area contributed by atoms with Gasteiger partial charge in [0, 0.05) is 31.5 Å². The van der Waals surface area contributed by atoms with Gasteiger partial charge in [-0.2, -0.15) is 0 Å². The molecule has 11 heteroatoms. The largest absolute Gasteiger partial charge is 0.445 e. The van der Waals surface area contributed by atoms with Gasteiger partial charge in [-0.25, -0.2) is 4.79 Å². The summed E-state index contributed by atoms with van der Waals surface area (Å²) in [6.07, 6.45) is 2.62. The Morgan fingerprint density at radius 2 is 1.44 bits per heavy atom. The zero-order chi connectivity index (χ0) is 31.6. The van der Waals surface area contributed by atoms with Crippen molar-refractivity contribution in [3.05, 3.63) is 83.9 Å². The van der Waals surface area contributed by atoms with E-state index in [4.69, 9.17) is 10.5 Å². The fourth-order valence-corrected chi connectivity index (χ4v) is 4.18. The van der Waals surface area contributed by atoms with Gasteiger partial charge in [-0.1, -0.05) is 80.6 Å². The lowest BCUT2D eigenvalue weighted by Crippen LogP contribution is -2.55. The van der Waals surface area contributed by atoms with E-state index in [1.54, 1.807) is 6.92 Å². The molecule has 0 aliphatic carbocycles. The minimum atomic E-state index is -1.03. The number of nitrogens with one attached hydrogen (secondary N) is 4. The average molecular weight is 594 g/mol. The summed E-state index contributed by atoms with van der Waals surface area (Å²) in [7, 11) is 0. The fraction of sp³-hybridized carbons (Fsp3) is 0.406. The lowest BCUT2D eigenvalue weighted by atomic mass is 10.0. The molecule has 43 heavy (non-hydrogen) atoms. The minimum absolute atomic E-state index is 0.0220. The third-order valence-electron chi connectivity index (χ3n) is 6.30. The topological polar surface area (TPSA) is 169 Å². The predicted octanol–water partition coefficient (Wildman–Crippen LogP) is 2.50. The summed E-state index contributed by atoms with van der Waals surface area (Å²) in [6.45, 7) is 6.07. The number of rotatable bonds is 17. The van der Waals surface area contributed by atoms with Crippen LogP contribution < -0.4 is 27.0 Å². The number of hydrogen-bond donors (Lipinski definition) is 5. The number of hydrogen-bond acceptors (Lipinski definition) is 6. The molecular weight excluding hydrogens is 550 g/mol. The molecule has 2 rings (SSSR count). The smallest absolute Gasteiger partial charge is 0.408 e. The van der Waals surface area contributed by atoms with Gasteiger partial charge in [-0.15, -0.1) is 0 Å². The highest BCUT2D eigenvalue weighted by molar-refractivity contribution is 5.92. The maximum Gasteiger partial charge on any atom is 0.408 e. The lowest BCUT2D eigenvalue weighted by Gasteiger charge is -2.25. The van der Waals surface area contributed by atoms with Crippen molar-refractivity contribution < 1.29 is 28.7 Å². The van der Waals surface area contributed by atoms with Crippen LogP contribution in [0.2, 0.25) is 0 Å². The monoisotopic (exact) mass is 593 g/mol. The SMILES string of the molecule is CCNC(=O)/C=C/[C@H](CCC(N)=O)NC(=O)[C@H](Cc1ccccc1)NC(=O)[C@H](CC(C)C)NC(=O)OCc1ccccc1. The van der Waals surface area contributed by atoms with Crippen molar-refractivity contribution in [2.75, 3.05) is 6.54 Å². The van der Waals surface area contributed by atoms with Gasteiger partial charge in [0.05, 0.1) is 0 Å². The van der Waals surface area contributed by atoms with Crippen molar-refractivity contribution in [1.82, 2.24) is 21.3 Å². The van der Waals surface area contributed by atoms with Gasteiger partial charge in [0.25, 0.3) is 0 Å². The molecule has 3 atom stereocenters. The van der Waals surface area contributed by atoms with Crippen LogP contribution in [0, 0.1) is 5.92 Å². The van der Waals surface area contributed by atoms with Crippen molar-refractivity contribution in [2.24, 2.45) is 11.7 Å². The van der Waals surface area contributed by atoms with Gasteiger partial charge < -0.3 is 31.7 Å². The molecule has 5 amide bonds. The quantitative estimate of drug-likeness (QED) is 0.177. The minimum Gasteiger partial charge on any atom is -0.445 e. The third-order valence-corrected chi connectivity index (χ3v) is 6.30. The van der Waals surface area contributed by atoms with Crippen LogP contribution in [-0.2, 0) is 36.9 Å². The number of carbonyl (C=O) groups excluding carboxylic acids is 5. The first-order valence-corrected chi connectivity index (χ1v) is 14.4. The lowest BCUT2D eigenvalue weighted by molar-refractivity contribution is -0.130. The van der Waals surface area contributed by atoms with Crippen LogP contribution in [0.5, 0.6) is 0 Å². The highest BCUT2D eigenvalue weighted by Crippen LogP contribution is 2.10. The maximum absolute atomic E-state index is 13.5. The van der Waals surface area contributed by atoms with Gasteiger partial charge in [0.15, 0.2) is 0 Å². The van der Waals surface area contributed by atoms with Crippen molar-refractivity contribution in [3.63, 3.8) is 0 Å². The number of ether oxygens (including phenoxy) is 1. The van der Waals surface area contributed by atoms with Gasteiger partial charge in [0.2, 0.25) is 23.6 Å². The van der Waals surface area contributed by atoms with Crippen LogP contribution in [0.4, 0.5) is 4.79 Å². The molecule has 0 unspecified atom stereocenters. The number of benzene rings is 2. The van der Waals surface area contributed by atoms with E-state index in [0.717, 1.165) is 11.1 Å². The van der Waals surface area contributed by atoms with Crippen LogP contribution in [0.1, 0.15) is 51.2 Å². The van der Waals surface area contributed by atoms with Crippen molar-refractivity contribution >= 4 is 29.7 Å². The van der Waals surface area contributed by atoms with Crippen LogP contribution in [-0.4, -0.2) is 54.4 Å². The molecule has 0 heterocycles. The van der Waals surface area contributed by atoms with Crippen molar-refractivity contribution in [3.8, 4) is 0 Å². The van der Waals surface area contributed by atoms with Crippen LogP contribution in [0.25, 0.3) is 0 Å². The van der Waals surface area contributed by atoms with E-state index in [1.165, 1.54) is 12.2 Å². The van der Waals surface area contributed by atoms with E-state index in [2.05, 4.69) is 21.3 Å². The van der Waals surface area contributed by atoms with Crippen molar-refractivity contribution in [2.45, 2.75) is 71.2 Å². The number of nitrogens with two attached hydrogens (primary N) is 1. The summed E-state index contributed by atoms with van der Waals surface area (Å²) < 4.78 is 5.31. The summed E-state index contributed by atoms with van der Waals surface area (Å²) in [5.41, 5.74) is 6.91. The second kappa shape index (κ2) is 18.7. The third kappa shape index (κ3) is 14.2. The average Bonchev–Trinajstić information content (AvgIpc) is 2.97. The Labute approximate surface area is 253 Å². The van der Waals surface area contributed by atoms with E-state index in [0.29, 0.717) is 13.0 Å². The molecule has 0 saturated carbocycles. The first kappa shape index (κ1) is 34.5. The second-order valence-electron chi connectivity index (χ2n) is 10.5. The highest BCUT2D eigenvalue weighted by Gasteiger charge is 2.29. The molecule has 11 nitrogen and oxygen atoms in total. The second-order valence-corrected chi connectivity index (χ2v) is 10.5. The number of alkyl carbamates (subject to hydrolysis) is 1. The predicted molar refractivity (Wildman–Crippen MR) is 163 cm³/mol. The Morgan fingerprint density at radius 3 is 2.02 bits per heavy atom. The molecule has 0 radical (unpaired) electrons. The first-order chi connectivity index (χ1) is 20.6. The number of amides is 5. The van der Waals surface area contributed by atoms with E-state index in [1.807, 2.05) is 74.5 Å². The molecule has 2 aromatic carbocycles.